The fraction of sp³-hybridized carbons (Fsp3) is 0.333. The van der Waals surface area contributed by atoms with E-state index in [0.29, 0.717) is 6.04 Å². The molecule has 0 saturated heterocycles. The minimum absolute atomic E-state index is 0.428. The maximum absolute atomic E-state index is 5.98. The molecule has 0 amide bonds. The predicted octanol–water partition coefficient (Wildman–Crippen LogP) is 4.56. The van der Waals surface area contributed by atoms with Crippen LogP contribution >= 0.6 is 0 Å². The van der Waals surface area contributed by atoms with Gasteiger partial charge in [-0.3, -0.25) is 0 Å². The highest BCUT2D eigenvalue weighted by Gasteiger charge is 2.18. The topological polar surface area (TPSA) is 43.0 Å². The van der Waals surface area contributed by atoms with E-state index >= 15 is 0 Å². The van der Waals surface area contributed by atoms with Gasteiger partial charge in [-0.1, -0.05) is 18.2 Å². The van der Waals surface area contributed by atoms with Crippen LogP contribution in [-0.4, -0.2) is 17.2 Å². The molecule has 2 aromatic carbocycles. The SMILES string of the molecule is NC1CCC(CNc2ccc(-n3ccc4ccccc43)cc2)CC1. The van der Waals surface area contributed by atoms with Crippen LogP contribution < -0.4 is 11.1 Å². The van der Waals surface area contributed by atoms with Gasteiger partial charge in [0, 0.05) is 30.2 Å². The second-order valence-electron chi connectivity index (χ2n) is 6.95. The summed E-state index contributed by atoms with van der Waals surface area (Å²) in [5.74, 6) is 0.762. The molecule has 24 heavy (non-hydrogen) atoms. The lowest BCUT2D eigenvalue weighted by atomic mass is 9.86. The Labute approximate surface area is 143 Å². The molecule has 3 nitrogen and oxygen atoms in total. The zero-order valence-electron chi connectivity index (χ0n) is 14.0. The Balaban J connectivity index is 1.43. The monoisotopic (exact) mass is 319 g/mol. The highest BCUT2D eigenvalue weighted by molar-refractivity contribution is 5.81. The number of anilines is 1. The van der Waals surface area contributed by atoms with Crippen molar-refractivity contribution < 1.29 is 0 Å². The van der Waals surface area contributed by atoms with Crippen molar-refractivity contribution in [1.82, 2.24) is 4.57 Å². The van der Waals surface area contributed by atoms with Gasteiger partial charge in [-0.15, -0.1) is 0 Å². The molecule has 1 fully saturated rings. The second-order valence-corrected chi connectivity index (χ2v) is 6.95. The number of hydrogen-bond donors (Lipinski definition) is 2. The summed E-state index contributed by atoms with van der Waals surface area (Å²) in [6.45, 7) is 1.05. The Morgan fingerprint density at radius 3 is 2.46 bits per heavy atom. The molecule has 4 rings (SSSR count). The molecule has 0 spiro atoms. The van der Waals surface area contributed by atoms with Gasteiger partial charge in [-0.05, 0) is 73.4 Å². The van der Waals surface area contributed by atoms with Gasteiger partial charge >= 0.3 is 0 Å². The number of para-hydroxylation sites is 1. The summed E-state index contributed by atoms with van der Waals surface area (Å²) in [6.07, 6.45) is 6.99. The maximum atomic E-state index is 5.98. The van der Waals surface area contributed by atoms with Gasteiger partial charge in [0.05, 0.1) is 5.52 Å². The van der Waals surface area contributed by atoms with E-state index < -0.39 is 0 Å². The number of aromatic nitrogens is 1. The number of hydrogen-bond acceptors (Lipinski definition) is 2. The minimum Gasteiger partial charge on any atom is -0.385 e. The summed E-state index contributed by atoms with van der Waals surface area (Å²) >= 11 is 0. The van der Waals surface area contributed by atoms with Crippen LogP contribution in [0, 0.1) is 5.92 Å². The first kappa shape index (κ1) is 15.3. The molecule has 0 aliphatic heterocycles. The number of nitrogens with one attached hydrogen (secondary N) is 1. The van der Waals surface area contributed by atoms with Crippen molar-refractivity contribution in [2.45, 2.75) is 31.7 Å². The fourth-order valence-corrected chi connectivity index (χ4v) is 3.70. The van der Waals surface area contributed by atoms with Crippen LogP contribution in [0.3, 0.4) is 0 Å². The molecule has 3 N–H and O–H groups in total. The first-order valence-electron chi connectivity index (χ1n) is 8.95. The van der Waals surface area contributed by atoms with Crippen LogP contribution in [0.1, 0.15) is 25.7 Å². The molecule has 1 aliphatic rings. The molecular weight excluding hydrogens is 294 g/mol. The van der Waals surface area contributed by atoms with Gasteiger partial charge in [0.1, 0.15) is 0 Å². The van der Waals surface area contributed by atoms with Crippen molar-refractivity contribution in [3.63, 3.8) is 0 Å². The molecule has 124 valence electrons. The molecular formula is C21H25N3. The Morgan fingerprint density at radius 1 is 0.917 bits per heavy atom. The Morgan fingerprint density at radius 2 is 1.67 bits per heavy atom. The number of nitrogens with two attached hydrogens (primary N) is 1. The molecule has 0 bridgehead atoms. The van der Waals surface area contributed by atoms with E-state index in [4.69, 9.17) is 5.73 Å². The third-order valence-electron chi connectivity index (χ3n) is 5.23. The number of fused-ring (bicyclic) bond motifs is 1. The van der Waals surface area contributed by atoms with E-state index in [0.717, 1.165) is 12.5 Å². The van der Waals surface area contributed by atoms with Crippen molar-refractivity contribution in [3.05, 3.63) is 60.8 Å². The molecule has 0 radical (unpaired) electrons. The van der Waals surface area contributed by atoms with Crippen LogP contribution in [0.25, 0.3) is 16.6 Å². The number of nitrogens with zero attached hydrogens (tertiary/aromatic N) is 1. The van der Waals surface area contributed by atoms with Crippen LogP contribution in [0.2, 0.25) is 0 Å². The summed E-state index contributed by atoms with van der Waals surface area (Å²) < 4.78 is 2.24. The van der Waals surface area contributed by atoms with E-state index in [1.54, 1.807) is 0 Å². The standard InChI is InChI=1S/C21H25N3/c22-18-7-5-16(6-8-18)15-23-19-9-11-20(12-10-19)24-14-13-17-3-1-2-4-21(17)24/h1-4,9-14,16,18,23H,5-8,15,22H2. The van der Waals surface area contributed by atoms with Gasteiger partial charge in [0.2, 0.25) is 0 Å². The van der Waals surface area contributed by atoms with Crippen molar-refractivity contribution in [1.29, 1.82) is 0 Å². The van der Waals surface area contributed by atoms with E-state index in [-0.39, 0.29) is 0 Å². The lowest BCUT2D eigenvalue weighted by Gasteiger charge is -2.26. The summed E-state index contributed by atoms with van der Waals surface area (Å²) in [4.78, 5) is 0. The first-order valence-corrected chi connectivity index (χ1v) is 8.95. The second kappa shape index (κ2) is 6.70. The lowest BCUT2D eigenvalue weighted by Crippen LogP contribution is -2.29. The fourth-order valence-electron chi connectivity index (χ4n) is 3.70. The van der Waals surface area contributed by atoms with Gasteiger partial charge in [-0.25, -0.2) is 0 Å². The normalized spacial score (nSPS) is 21.0. The molecule has 1 saturated carbocycles. The molecule has 1 aliphatic carbocycles. The zero-order valence-corrected chi connectivity index (χ0v) is 14.0. The molecule has 0 atom stereocenters. The molecule has 1 aromatic heterocycles. The third kappa shape index (κ3) is 3.17. The summed E-state index contributed by atoms with van der Waals surface area (Å²) in [6, 6.07) is 19.8. The maximum Gasteiger partial charge on any atom is 0.0528 e. The highest BCUT2D eigenvalue weighted by Crippen LogP contribution is 2.25. The first-order chi connectivity index (χ1) is 11.8. The molecule has 3 heteroatoms. The van der Waals surface area contributed by atoms with Crippen molar-refractivity contribution in [2.75, 3.05) is 11.9 Å². The summed E-state index contributed by atoms with van der Waals surface area (Å²) in [5, 5.41) is 4.86. The van der Waals surface area contributed by atoms with Gasteiger partial charge < -0.3 is 15.6 Å². The van der Waals surface area contributed by atoms with E-state index in [1.807, 2.05) is 0 Å². The van der Waals surface area contributed by atoms with Crippen molar-refractivity contribution in [2.24, 2.45) is 11.7 Å². The van der Waals surface area contributed by atoms with Crippen LogP contribution in [0.15, 0.2) is 60.8 Å². The van der Waals surface area contributed by atoms with E-state index in [2.05, 4.69) is 70.7 Å². The summed E-state index contributed by atoms with van der Waals surface area (Å²) in [7, 11) is 0. The van der Waals surface area contributed by atoms with Crippen molar-refractivity contribution in [3.8, 4) is 5.69 Å². The largest absolute Gasteiger partial charge is 0.385 e. The van der Waals surface area contributed by atoms with E-state index in [1.165, 1.54) is 48.0 Å². The average Bonchev–Trinajstić information content (AvgIpc) is 3.06. The van der Waals surface area contributed by atoms with E-state index in [9.17, 15) is 0 Å². The van der Waals surface area contributed by atoms with Crippen LogP contribution in [0.4, 0.5) is 5.69 Å². The van der Waals surface area contributed by atoms with Crippen LogP contribution in [0.5, 0.6) is 0 Å². The predicted molar refractivity (Wildman–Crippen MR) is 102 cm³/mol. The number of benzene rings is 2. The highest BCUT2D eigenvalue weighted by atomic mass is 15.0. The average molecular weight is 319 g/mol. The third-order valence-corrected chi connectivity index (χ3v) is 5.23. The smallest absolute Gasteiger partial charge is 0.0528 e. The Bertz CT molecular complexity index is 795. The Hall–Kier alpha value is -2.26. The Kier molecular flexibility index (Phi) is 4.26. The van der Waals surface area contributed by atoms with Gasteiger partial charge in [0.25, 0.3) is 0 Å². The van der Waals surface area contributed by atoms with Gasteiger partial charge in [0.15, 0.2) is 0 Å². The van der Waals surface area contributed by atoms with Crippen LogP contribution in [-0.2, 0) is 0 Å². The van der Waals surface area contributed by atoms with Crippen molar-refractivity contribution >= 4 is 16.6 Å². The van der Waals surface area contributed by atoms with Gasteiger partial charge in [-0.2, -0.15) is 0 Å². The molecule has 3 aromatic rings. The number of rotatable bonds is 4. The quantitative estimate of drug-likeness (QED) is 0.740. The molecule has 1 heterocycles. The molecule has 0 unspecified atom stereocenters. The zero-order chi connectivity index (χ0) is 16.4. The summed E-state index contributed by atoms with van der Waals surface area (Å²) in [5.41, 5.74) is 9.63. The minimum atomic E-state index is 0.428. The lowest BCUT2D eigenvalue weighted by molar-refractivity contribution is 0.339.